The molecule has 5 aromatic rings. The van der Waals surface area contributed by atoms with Crippen LogP contribution in [0.5, 0.6) is 23.0 Å². The lowest BCUT2D eigenvalue weighted by atomic mass is 9.66. The van der Waals surface area contributed by atoms with Crippen molar-refractivity contribution in [1.29, 1.82) is 0 Å². The SMILES string of the molecule is COCc1ccc2c(c1C#Cc1ccc(O)cc1)C(c1ccc(OC)cc1)(c1ccc(OC)cc1)c1cc(O)ccc1-2. The Balaban J connectivity index is 1.75. The van der Waals surface area contributed by atoms with Crippen LogP contribution in [0.25, 0.3) is 11.1 Å². The molecular formula is C37H30O5. The van der Waals surface area contributed by atoms with E-state index in [1.165, 1.54) is 0 Å². The van der Waals surface area contributed by atoms with Crippen LogP contribution in [0.1, 0.15) is 38.9 Å². The van der Waals surface area contributed by atoms with Gasteiger partial charge in [0, 0.05) is 18.2 Å². The van der Waals surface area contributed by atoms with Crippen LogP contribution in [-0.2, 0) is 16.8 Å². The topological polar surface area (TPSA) is 68.2 Å². The van der Waals surface area contributed by atoms with Gasteiger partial charge in [0.25, 0.3) is 0 Å². The van der Waals surface area contributed by atoms with Crippen LogP contribution < -0.4 is 9.47 Å². The van der Waals surface area contributed by atoms with E-state index in [1.807, 2.05) is 36.4 Å². The van der Waals surface area contributed by atoms with Gasteiger partial charge in [-0.05, 0) is 99.6 Å². The summed E-state index contributed by atoms with van der Waals surface area (Å²) in [5.74, 6) is 8.69. The Labute approximate surface area is 245 Å². The van der Waals surface area contributed by atoms with Crippen molar-refractivity contribution in [2.75, 3.05) is 21.3 Å². The van der Waals surface area contributed by atoms with Crippen LogP contribution in [-0.4, -0.2) is 31.5 Å². The van der Waals surface area contributed by atoms with E-state index in [0.717, 1.165) is 61.6 Å². The van der Waals surface area contributed by atoms with Crippen LogP contribution in [0.4, 0.5) is 0 Å². The Hall–Kier alpha value is -5.18. The number of methoxy groups -OCH3 is 3. The smallest absolute Gasteiger partial charge is 0.118 e. The minimum absolute atomic E-state index is 0.182. The summed E-state index contributed by atoms with van der Waals surface area (Å²) < 4.78 is 16.7. The molecule has 5 nitrogen and oxygen atoms in total. The zero-order valence-corrected chi connectivity index (χ0v) is 23.6. The van der Waals surface area contributed by atoms with Crippen LogP contribution in [0.15, 0.2) is 103 Å². The highest BCUT2D eigenvalue weighted by Gasteiger charge is 2.48. The Morgan fingerprint density at radius 1 is 0.619 bits per heavy atom. The zero-order valence-electron chi connectivity index (χ0n) is 23.6. The molecule has 5 heteroatoms. The number of fused-ring (bicyclic) bond motifs is 3. The van der Waals surface area contributed by atoms with Crippen molar-refractivity contribution in [3.05, 3.63) is 142 Å². The third-order valence-electron chi connectivity index (χ3n) is 7.91. The summed E-state index contributed by atoms with van der Waals surface area (Å²) in [4.78, 5) is 0. The molecule has 0 saturated heterocycles. The van der Waals surface area contributed by atoms with Gasteiger partial charge in [0.05, 0.1) is 26.2 Å². The predicted molar refractivity (Wildman–Crippen MR) is 163 cm³/mol. The maximum Gasteiger partial charge on any atom is 0.118 e. The lowest BCUT2D eigenvalue weighted by Gasteiger charge is -2.35. The molecule has 42 heavy (non-hydrogen) atoms. The molecule has 0 atom stereocenters. The molecule has 6 rings (SSSR count). The number of phenolic OH excluding ortho intramolecular Hbond substituents is 2. The molecule has 0 aliphatic heterocycles. The van der Waals surface area contributed by atoms with E-state index in [2.05, 4.69) is 48.2 Å². The van der Waals surface area contributed by atoms with Gasteiger partial charge in [-0.15, -0.1) is 0 Å². The van der Waals surface area contributed by atoms with E-state index in [0.29, 0.717) is 6.61 Å². The van der Waals surface area contributed by atoms with E-state index < -0.39 is 5.41 Å². The van der Waals surface area contributed by atoms with Crippen LogP contribution in [0.2, 0.25) is 0 Å². The molecule has 0 unspecified atom stereocenters. The van der Waals surface area contributed by atoms with Crippen molar-refractivity contribution in [3.63, 3.8) is 0 Å². The van der Waals surface area contributed by atoms with E-state index >= 15 is 0 Å². The second-order valence-corrected chi connectivity index (χ2v) is 10.2. The summed E-state index contributed by atoms with van der Waals surface area (Å²) in [6, 6.07) is 32.8. The molecule has 0 saturated carbocycles. The van der Waals surface area contributed by atoms with Gasteiger partial charge in [0.1, 0.15) is 23.0 Å². The minimum atomic E-state index is -0.829. The molecule has 0 heterocycles. The van der Waals surface area contributed by atoms with Gasteiger partial charge in [-0.2, -0.15) is 0 Å². The van der Waals surface area contributed by atoms with Gasteiger partial charge in [0.2, 0.25) is 0 Å². The maximum atomic E-state index is 10.8. The zero-order chi connectivity index (χ0) is 29.3. The Morgan fingerprint density at radius 2 is 1.19 bits per heavy atom. The van der Waals surface area contributed by atoms with Gasteiger partial charge < -0.3 is 24.4 Å². The van der Waals surface area contributed by atoms with E-state index in [-0.39, 0.29) is 11.5 Å². The average Bonchev–Trinajstić information content (AvgIpc) is 3.31. The molecule has 1 aliphatic carbocycles. The van der Waals surface area contributed by atoms with Crippen molar-refractivity contribution >= 4 is 0 Å². The molecular weight excluding hydrogens is 524 g/mol. The summed E-state index contributed by atoms with van der Waals surface area (Å²) >= 11 is 0. The van der Waals surface area contributed by atoms with Crippen LogP contribution in [0, 0.1) is 11.8 Å². The molecule has 0 radical (unpaired) electrons. The summed E-state index contributed by atoms with van der Waals surface area (Å²) in [7, 11) is 4.98. The van der Waals surface area contributed by atoms with E-state index in [1.54, 1.807) is 51.7 Å². The number of rotatable bonds is 6. The first-order valence-corrected chi connectivity index (χ1v) is 13.6. The Bertz CT molecular complexity index is 1760. The molecule has 2 N–H and O–H groups in total. The molecule has 0 aromatic heterocycles. The number of hydrogen-bond donors (Lipinski definition) is 2. The monoisotopic (exact) mass is 554 g/mol. The van der Waals surface area contributed by atoms with Crippen molar-refractivity contribution in [3.8, 4) is 46.0 Å². The van der Waals surface area contributed by atoms with Gasteiger partial charge in [-0.1, -0.05) is 54.3 Å². The second kappa shape index (κ2) is 11.0. The van der Waals surface area contributed by atoms with Crippen molar-refractivity contribution in [2.24, 2.45) is 0 Å². The Morgan fingerprint density at radius 3 is 1.76 bits per heavy atom. The van der Waals surface area contributed by atoms with E-state index in [9.17, 15) is 10.2 Å². The normalized spacial score (nSPS) is 12.5. The van der Waals surface area contributed by atoms with Gasteiger partial charge in [-0.3, -0.25) is 0 Å². The minimum Gasteiger partial charge on any atom is -0.508 e. The van der Waals surface area contributed by atoms with Gasteiger partial charge in [0.15, 0.2) is 0 Å². The number of ether oxygens (including phenoxy) is 3. The average molecular weight is 555 g/mol. The summed E-state index contributed by atoms with van der Waals surface area (Å²) in [5, 5.41) is 20.6. The number of phenols is 2. The molecule has 0 fully saturated rings. The van der Waals surface area contributed by atoms with Crippen molar-refractivity contribution in [1.82, 2.24) is 0 Å². The van der Waals surface area contributed by atoms with Crippen LogP contribution in [0.3, 0.4) is 0 Å². The summed E-state index contributed by atoms with van der Waals surface area (Å²) in [5.41, 5.74) is 7.77. The molecule has 0 amide bonds. The highest BCUT2D eigenvalue weighted by Crippen LogP contribution is 2.58. The van der Waals surface area contributed by atoms with Crippen molar-refractivity contribution in [2.45, 2.75) is 12.0 Å². The second-order valence-electron chi connectivity index (χ2n) is 10.2. The fraction of sp³-hybridized carbons (Fsp3) is 0.135. The first kappa shape index (κ1) is 27.0. The Kier molecular flexibility index (Phi) is 7.08. The highest BCUT2D eigenvalue weighted by molar-refractivity contribution is 5.89. The quantitative estimate of drug-likeness (QED) is 0.217. The van der Waals surface area contributed by atoms with Crippen LogP contribution >= 0.6 is 0 Å². The van der Waals surface area contributed by atoms with Gasteiger partial charge in [-0.25, -0.2) is 0 Å². The predicted octanol–water partition coefficient (Wildman–Crippen LogP) is 7.02. The first-order valence-electron chi connectivity index (χ1n) is 13.6. The molecule has 0 spiro atoms. The molecule has 208 valence electrons. The standard InChI is InChI=1S/C37H30O5/c1-40-23-25-7-20-34-33-21-14-29(39)22-35(33)37(26-8-15-30(41-2)16-9-26,27-10-17-31(42-3)18-11-27)36(34)32(25)19-6-24-4-12-28(38)13-5-24/h4-5,7-18,20-22,38-39H,23H2,1-3H3. The van der Waals surface area contributed by atoms with Gasteiger partial charge >= 0.3 is 0 Å². The highest BCUT2D eigenvalue weighted by atomic mass is 16.5. The fourth-order valence-corrected chi connectivity index (χ4v) is 6.02. The summed E-state index contributed by atoms with van der Waals surface area (Å²) in [6.07, 6.45) is 0. The maximum absolute atomic E-state index is 10.8. The fourth-order valence-electron chi connectivity index (χ4n) is 6.02. The lowest BCUT2D eigenvalue weighted by Crippen LogP contribution is -2.30. The number of hydrogen-bond acceptors (Lipinski definition) is 5. The van der Waals surface area contributed by atoms with E-state index in [4.69, 9.17) is 14.2 Å². The van der Waals surface area contributed by atoms with Crippen molar-refractivity contribution < 1.29 is 24.4 Å². The third kappa shape index (κ3) is 4.43. The molecule has 0 bridgehead atoms. The lowest BCUT2D eigenvalue weighted by molar-refractivity contribution is 0.184. The largest absolute Gasteiger partial charge is 0.508 e. The molecule has 5 aromatic carbocycles. The first-order chi connectivity index (χ1) is 20.5. The molecule has 1 aliphatic rings. The third-order valence-corrected chi connectivity index (χ3v) is 7.91. The number of benzene rings is 5. The number of aromatic hydroxyl groups is 2. The summed E-state index contributed by atoms with van der Waals surface area (Å²) in [6.45, 7) is 0.371.